The van der Waals surface area contributed by atoms with Crippen LogP contribution in [0, 0.1) is 0 Å². The Morgan fingerprint density at radius 1 is 0.857 bits per heavy atom. The lowest BCUT2D eigenvalue weighted by Gasteiger charge is -2.43. The lowest BCUT2D eigenvalue weighted by molar-refractivity contribution is 0.0155. The molecule has 0 saturated carbocycles. The molecular formula is C18H28N2O. The van der Waals surface area contributed by atoms with Crippen LogP contribution >= 0.6 is 0 Å². The summed E-state index contributed by atoms with van der Waals surface area (Å²) in [5, 5.41) is 0. The Morgan fingerprint density at radius 2 is 1.43 bits per heavy atom. The van der Waals surface area contributed by atoms with Crippen molar-refractivity contribution < 1.29 is 4.74 Å². The van der Waals surface area contributed by atoms with E-state index in [0.717, 1.165) is 5.75 Å². The number of ether oxygens (including phenoxy) is 1. The molecule has 0 aliphatic carbocycles. The summed E-state index contributed by atoms with van der Waals surface area (Å²) >= 11 is 0. The molecule has 2 aliphatic rings. The fraction of sp³-hybridized carbons (Fsp3) is 0.667. The summed E-state index contributed by atoms with van der Waals surface area (Å²) in [6, 6.07) is 8.69. The third-order valence-corrected chi connectivity index (χ3v) is 4.86. The van der Waals surface area contributed by atoms with Crippen LogP contribution < -0.4 is 4.74 Å². The number of methoxy groups -OCH3 is 1. The average molecular weight is 288 g/mol. The van der Waals surface area contributed by atoms with E-state index in [4.69, 9.17) is 4.74 Å². The van der Waals surface area contributed by atoms with E-state index in [1.54, 1.807) is 7.11 Å². The second kappa shape index (κ2) is 7.28. The van der Waals surface area contributed by atoms with Crippen LogP contribution in [0.1, 0.15) is 50.3 Å². The van der Waals surface area contributed by atoms with Gasteiger partial charge in [-0.2, -0.15) is 0 Å². The molecule has 1 aromatic rings. The van der Waals surface area contributed by atoms with Crippen molar-refractivity contribution in [2.75, 3.05) is 33.3 Å². The van der Waals surface area contributed by atoms with E-state index in [2.05, 4.69) is 28.0 Å². The molecule has 0 radical (unpaired) electrons. The number of likely N-dealkylation sites (tertiary alicyclic amines) is 2. The van der Waals surface area contributed by atoms with Gasteiger partial charge in [0.2, 0.25) is 0 Å². The van der Waals surface area contributed by atoms with Gasteiger partial charge in [0.05, 0.1) is 13.3 Å². The maximum absolute atomic E-state index is 5.44. The van der Waals surface area contributed by atoms with Crippen molar-refractivity contribution in [3.8, 4) is 5.75 Å². The Hall–Kier alpha value is -1.06. The van der Waals surface area contributed by atoms with Crippen LogP contribution in [0.25, 0.3) is 0 Å². The molecule has 21 heavy (non-hydrogen) atoms. The number of benzene rings is 1. The van der Waals surface area contributed by atoms with Crippen molar-refractivity contribution in [1.82, 2.24) is 9.80 Å². The number of piperidine rings is 2. The molecule has 1 aromatic carbocycles. The molecule has 2 saturated heterocycles. The molecule has 0 spiro atoms. The van der Waals surface area contributed by atoms with Gasteiger partial charge in [0, 0.05) is 0 Å². The lowest BCUT2D eigenvalue weighted by atomic mass is 10.0. The molecule has 0 unspecified atom stereocenters. The number of nitrogens with zero attached hydrogens (tertiary/aromatic N) is 2. The van der Waals surface area contributed by atoms with E-state index in [1.165, 1.54) is 70.3 Å². The van der Waals surface area contributed by atoms with Crippen LogP contribution in [-0.2, 0) is 0 Å². The highest BCUT2D eigenvalue weighted by Gasteiger charge is 2.29. The van der Waals surface area contributed by atoms with Crippen molar-refractivity contribution in [2.45, 2.75) is 44.7 Å². The molecule has 2 heterocycles. The summed E-state index contributed by atoms with van der Waals surface area (Å²) in [7, 11) is 1.76. The van der Waals surface area contributed by atoms with Crippen molar-refractivity contribution in [1.29, 1.82) is 0 Å². The second-order valence-corrected chi connectivity index (χ2v) is 6.34. The highest BCUT2D eigenvalue weighted by atomic mass is 16.5. The summed E-state index contributed by atoms with van der Waals surface area (Å²) in [4.78, 5) is 5.37. The Balaban J connectivity index is 1.85. The molecule has 3 heteroatoms. The average Bonchev–Trinajstić information content (AvgIpc) is 2.57. The molecule has 116 valence electrons. The van der Waals surface area contributed by atoms with E-state index < -0.39 is 0 Å². The predicted molar refractivity (Wildman–Crippen MR) is 86.6 cm³/mol. The van der Waals surface area contributed by atoms with E-state index in [0.29, 0.717) is 6.17 Å². The standard InChI is InChI=1S/C18H28N2O/c1-21-17-10-8-9-16(15-17)18(19-11-4-2-5-12-19)20-13-6-3-7-14-20/h8-10,15,18H,2-7,11-14H2,1H3. The molecule has 3 rings (SSSR count). The third-order valence-electron chi connectivity index (χ3n) is 4.86. The SMILES string of the molecule is COc1cccc(C(N2CCCCC2)N2CCCCC2)c1. The predicted octanol–water partition coefficient (Wildman–Crippen LogP) is 3.67. The summed E-state index contributed by atoms with van der Waals surface area (Å²) in [5.74, 6) is 0.978. The van der Waals surface area contributed by atoms with Crippen LogP contribution in [-0.4, -0.2) is 43.1 Å². The maximum Gasteiger partial charge on any atom is 0.119 e. The van der Waals surface area contributed by atoms with Gasteiger partial charge in [-0.3, -0.25) is 9.80 Å². The van der Waals surface area contributed by atoms with Gasteiger partial charge in [0.15, 0.2) is 0 Å². The molecule has 2 aliphatic heterocycles. The minimum atomic E-state index is 0.445. The van der Waals surface area contributed by atoms with Crippen molar-refractivity contribution in [3.63, 3.8) is 0 Å². The zero-order valence-corrected chi connectivity index (χ0v) is 13.3. The lowest BCUT2D eigenvalue weighted by Crippen LogP contribution is -2.45. The van der Waals surface area contributed by atoms with Gasteiger partial charge in [0.25, 0.3) is 0 Å². The fourth-order valence-corrected chi connectivity index (χ4v) is 3.78. The summed E-state index contributed by atoms with van der Waals surface area (Å²) < 4.78 is 5.44. The first-order chi connectivity index (χ1) is 10.4. The highest BCUT2D eigenvalue weighted by Crippen LogP contribution is 2.32. The monoisotopic (exact) mass is 288 g/mol. The first-order valence-corrected chi connectivity index (χ1v) is 8.50. The van der Waals surface area contributed by atoms with E-state index in [-0.39, 0.29) is 0 Å². The molecule has 0 atom stereocenters. The second-order valence-electron chi connectivity index (χ2n) is 6.34. The van der Waals surface area contributed by atoms with Crippen LogP contribution in [0.5, 0.6) is 5.75 Å². The Bertz CT molecular complexity index is 419. The number of hydrogen-bond acceptors (Lipinski definition) is 3. The van der Waals surface area contributed by atoms with Gasteiger partial charge in [0.1, 0.15) is 5.75 Å². The first kappa shape index (κ1) is 14.9. The number of hydrogen-bond donors (Lipinski definition) is 0. The van der Waals surface area contributed by atoms with Gasteiger partial charge in [-0.05, 0) is 69.6 Å². The Morgan fingerprint density at radius 3 is 1.95 bits per heavy atom. The smallest absolute Gasteiger partial charge is 0.119 e. The molecular weight excluding hydrogens is 260 g/mol. The van der Waals surface area contributed by atoms with Gasteiger partial charge in [-0.15, -0.1) is 0 Å². The molecule has 0 bridgehead atoms. The van der Waals surface area contributed by atoms with Gasteiger partial charge in [-0.25, -0.2) is 0 Å². The quantitative estimate of drug-likeness (QED) is 0.841. The molecule has 3 nitrogen and oxygen atoms in total. The molecule has 0 N–H and O–H groups in total. The van der Waals surface area contributed by atoms with Crippen LogP contribution in [0.3, 0.4) is 0 Å². The fourth-order valence-electron chi connectivity index (χ4n) is 3.78. The van der Waals surface area contributed by atoms with Gasteiger partial charge < -0.3 is 4.74 Å². The highest BCUT2D eigenvalue weighted by molar-refractivity contribution is 5.30. The van der Waals surface area contributed by atoms with Gasteiger partial charge in [-0.1, -0.05) is 25.0 Å². The number of rotatable bonds is 4. The minimum Gasteiger partial charge on any atom is -0.497 e. The van der Waals surface area contributed by atoms with Crippen LogP contribution in [0.15, 0.2) is 24.3 Å². The first-order valence-electron chi connectivity index (χ1n) is 8.50. The topological polar surface area (TPSA) is 15.7 Å². The molecule has 0 aromatic heterocycles. The zero-order valence-electron chi connectivity index (χ0n) is 13.3. The van der Waals surface area contributed by atoms with Crippen molar-refractivity contribution in [3.05, 3.63) is 29.8 Å². The van der Waals surface area contributed by atoms with Crippen molar-refractivity contribution >= 4 is 0 Å². The van der Waals surface area contributed by atoms with E-state index in [1.807, 2.05) is 6.07 Å². The van der Waals surface area contributed by atoms with E-state index >= 15 is 0 Å². The normalized spacial score (nSPS) is 21.6. The minimum absolute atomic E-state index is 0.445. The van der Waals surface area contributed by atoms with Gasteiger partial charge >= 0.3 is 0 Å². The van der Waals surface area contributed by atoms with E-state index in [9.17, 15) is 0 Å². The Kier molecular flexibility index (Phi) is 5.15. The molecule has 2 fully saturated rings. The molecule has 0 amide bonds. The largest absolute Gasteiger partial charge is 0.497 e. The Labute approximate surface area is 128 Å². The summed E-state index contributed by atoms with van der Waals surface area (Å²) in [6.45, 7) is 4.94. The van der Waals surface area contributed by atoms with Crippen molar-refractivity contribution in [2.24, 2.45) is 0 Å². The van der Waals surface area contributed by atoms with Crippen LogP contribution in [0.2, 0.25) is 0 Å². The zero-order chi connectivity index (χ0) is 14.5. The maximum atomic E-state index is 5.44. The third kappa shape index (κ3) is 3.58. The van der Waals surface area contributed by atoms with Crippen LogP contribution in [0.4, 0.5) is 0 Å². The summed E-state index contributed by atoms with van der Waals surface area (Å²) in [5.41, 5.74) is 1.40. The summed E-state index contributed by atoms with van der Waals surface area (Å²) in [6.07, 6.45) is 8.59.